The van der Waals surface area contributed by atoms with Gasteiger partial charge in [-0.2, -0.15) is 20.4 Å². The average Bonchev–Trinajstić information content (AvgIpc) is 2.06. The zero-order chi connectivity index (χ0) is 110. The van der Waals surface area contributed by atoms with E-state index in [0.29, 0.717) is 0 Å². The number of allylic oxidation sites excluding steroid dienone is 2. The Morgan fingerprint density at radius 2 is 0.589 bits per heavy atom. The summed E-state index contributed by atoms with van der Waals surface area (Å²) in [6.07, 6.45) is 58.1. The molecule has 146 heavy (non-hydrogen) atoms. The summed E-state index contributed by atoms with van der Waals surface area (Å²) < 4.78 is 0. The van der Waals surface area contributed by atoms with E-state index in [9.17, 15) is 0 Å². The molecule has 14 heterocycles. The van der Waals surface area contributed by atoms with Crippen molar-refractivity contribution in [3.8, 4) is 0 Å². The standard InChI is InChI=1S/C5H11N.C5H7N.C5H5N.3C4H4N2.2C4H7N.C4H5N.C3H8N2.C3H6N2.C3H4N2.C3H6N2.C3H4N2.28C2H6.14CH4/c3*1-2-4-6-5-3-1;1-2-6-4-3-5-1;1-2-5-4-6-3-1;1-2-4-6-5-3-1;3*1-2-4-5-3-1;3*1-2-5-3-4-1;2*1-2-4-5-3-1;28*1-2;;;;;;;;;;;;;;/h6H,1-5H2;2-6H,1H2;1-5H;3*1-4H;1,3,5H,2,4H2;1-2,5H,3-4H2;1-5H;4-5H,1-3H2;3H,1-2H2,(H,4,5);1-3H,(H,4,5);2,5H,1,3H2;1-3H,(H,4,5);28*1-2H3;14*1H4. The van der Waals surface area contributed by atoms with Crippen molar-refractivity contribution in [1.82, 2.24) is 103 Å². The molecule has 0 aliphatic carbocycles. The molecule has 14 rings (SSSR count). The second kappa shape index (κ2) is 550. The maximum absolute atomic E-state index is 3.85. The van der Waals surface area contributed by atoms with Crippen LogP contribution in [-0.4, -0.2) is 145 Å². The number of hydrogen-bond acceptors (Lipinski definition) is 19. The number of hydrogen-bond donors (Lipinski definition) is 11. The lowest BCUT2D eigenvalue weighted by atomic mass is 10.2. The molecule has 0 radical (unpaired) electrons. The first-order chi connectivity index (χ1) is 66.0. The smallest absolute Gasteiger partial charge is 0.115 e. The highest BCUT2D eigenvalue weighted by molar-refractivity contribution is 5.58. The minimum atomic E-state index is 0. The zero-order valence-corrected chi connectivity index (χ0v) is 99.8. The van der Waals surface area contributed by atoms with E-state index in [-0.39, 0.29) is 104 Å². The summed E-state index contributed by atoms with van der Waals surface area (Å²) in [6.45, 7) is 124. The summed E-state index contributed by atoms with van der Waals surface area (Å²) in [5, 5.41) is 38.5. The van der Waals surface area contributed by atoms with Crippen molar-refractivity contribution in [3.05, 3.63) is 215 Å². The van der Waals surface area contributed by atoms with E-state index < -0.39 is 0 Å². The van der Waals surface area contributed by atoms with E-state index >= 15 is 0 Å². The Hall–Kier alpha value is -8.57. The highest BCUT2D eigenvalue weighted by Crippen LogP contribution is 1.96. The number of aromatic nitrogens is 12. The van der Waals surface area contributed by atoms with Crippen molar-refractivity contribution >= 4 is 12.6 Å². The van der Waals surface area contributed by atoms with Gasteiger partial charge in [0.25, 0.3) is 0 Å². The fourth-order valence-corrected chi connectivity index (χ4v) is 4.91. The minimum absolute atomic E-state index is 0. The predicted molar refractivity (Wildman–Crippen MR) is 720 cm³/mol. The lowest BCUT2D eigenvalue weighted by Gasteiger charge is -2.08. The molecule has 0 saturated carbocycles. The third-order valence-corrected chi connectivity index (χ3v) is 8.47. The molecule has 7 aromatic rings. The second-order valence-corrected chi connectivity index (χ2v) is 14.6. The van der Waals surface area contributed by atoms with Crippen LogP contribution in [0.15, 0.2) is 225 Å². The second-order valence-electron chi connectivity index (χ2n) is 14.6. The first-order valence-corrected chi connectivity index (χ1v) is 53.3. The van der Waals surface area contributed by atoms with Crippen molar-refractivity contribution < 1.29 is 0 Å². The number of pyridine rings is 1. The average molecular weight is 2110 g/mol. The third kappa shape index (κ3) is 538. The quantitative estimate of drug-likeness (QED) is 0.0630. The number of piperidine rings is 1. The molecular weight excluding hydrogens is 1800 g/mol. The number of rotatable bonds is 0. The van der Waals surface area contributed by atoms with Crippen molar-refractivity contribution in [3.63, 3.8) is 0 Å². The van der Waals surface area contributed by atoms with E-state index in [1.54, 1.807) is 105 Å². The van der Waals surface area contributed by atoms with Gasteiger partial charge in [-0.1, -0.05) is 535 Å². The molecule has 2 saturated heterocycles. The lowest BCUT2D eigenvalue weighted by molar-refractivity contribution is 0.520. The third-order valence-electron chi connectivity index (χ3n) is 8.47. The van der Waals surface area contributed by atoms with E-state index in [4.69, 9.17) is 0 Å². The van der Waals surface area contributed by atoms with Gasteiger partial charge in [-0.05, 0) is 106 Å². The van der Waals surface area contributed by atoms with E-state index in [1.165, 1.54) is 45.1 Å². The fourth-order valence-electron chi connectivity index (χ4n) is 4.91. The Morgan fingerprint density at radius 3 is 0.685 bits per heavy atom. The van der Waals surface area contributed by atoms with Crippen molar-refractivity contribution in [2.24, 2.45) is 10.1 Å². The number of hydrazone groups is 1. The molecule has 2 fully saturated rings. The van der Waals surface area contributed by atoms with Gasteiger partial charge >= 0.3 is 0 Å². The van der Waals surface area contributed by atoms with Crippen LogP contribution >= 0.6 is 0 Å². The van der Waals surface area contributed by atoms with Crippen LogP contribution in [-0.2, 0) is 0 Å². The SMILES string of the molecule is C.C.C.C.C.C.C.C.C.C.C.C.C.C.C1=CCNC1.C1=CNC=CC1.C1=CNCC1.C1=NCCN1.C1=NNCC1.C1CCNCC1.C1CNCN1.CC.CC.CC.CC.CC.CC.CC.CC.CC.CC.CC.CC.CC.CC.CC.CC.CC.CC.CC.CC.CC.CC.CC.CC.CC.CC.CC.CC.c1c[nH]cn1.c1cc[nH]c1.c1ccncc1.c1ccnnc1.c1cn[nH]c1.c1cnccn1.c1cncnc1. The largest absolute Gasteiger partial charge is 0.391 e. The number of nitrogens with zero attached hydrogens (tertiary/aromatic N) is 11. The van der Waals surface area contributed by atoms with Crippen LogP contribution in [0.25, 0.3) is 0 Å². The molecule has 0 spiro atoms. The van der Waals surface area contributed by atoms with Crippen LogP contribution in [0.4, 0.5) is 0 Å². The molecule has 22 heteroatoms. The molecule has 11 N–H and O–H groups in total. The molecule has 0 amide bonds. The zero-order valence-electron chi connectivity index (χ0n) is 99.8. The van der Waals surface area contributed by atoms with E-state index in [1.807, 2.05) is 473 Å². The first kappa shape index (κ1) is 281. The summed E-state index contributed by atoms with van der Waals surface area (Å²) >= 11 is 0. The van der Waals surface area contributed by atoms with E-state index in [2.05, 4.69) is 143 Å². The molecular formula is C124H306N22. The summed E-state index contributed by atoms with van der Waals surface area (Å²) in [5.74, 6) is 0. The molecule has 0 bridgehead atoms. The topological polar surface area (TPSA) is 284 Å². The molecule has 912 valence electrons. The first-order valence-electron chi connectivity index (χ1n) is 53.3. The van der Waals surface area contributed by atoms with Gasteiger partial charge in [0.1, 0.15) is 6.33 Å². The summed E-state index contributed by atoms with van der Waals surface area (Å²) in [4.78, 5) is 31.7. The Kier molecular flexibility index (Phi) is 1060. The molecule has 7 aromatic heterocycles. The summed E-state index contributed by atoms with van der Waals surface area (Å²) in [7, 11) is 0. The minimum Gasteiger partial charge on any atom is -0.391 e. The maximum Gasteiger partial charge on any atom is 0.115 e. The molecule has 0 unspecified atom stereocenters. The maximum atomic E-state index is 3.85. The lowest BCUT2D eigenvalue weighted by Crippen LogP contribution is -2.21. The van der Waals surface area contributed by atoms with Gasteiger partial charge in [0.15, 0.2) is 0 Å². The number of aliphatic imine (C=N–C) groups is 1. The number of dihydropyridines is 1. The highest BCUT2D eigenvalue weighted by Gasteiger charge is 1.94. The highest BCUT2D eigenvalue weighted by atomic mass is 15.3. The Labute approximate surface area is 937 Å². The number of imidazole rings is 1. The van der Waals surface area contributed by atoms with Gasteiger partial charge in [0.2, 0.25) is 0 Å². The molecule has 7 aliphatic rings. The van der Waals surface area contributed by atoms with Crippen molar-refractivity contribution in [2.75, 3.05) is 72.1 Å². The van der Waals surface area contributed by atoms with Gasteiger partial charge < -0.3 is 52.6 Å². The van der Waals surface area contributed by atoms with Crippen molar-refractivity contribution in [2.45, 2.75) is 530 Å². The van der Waals surface area contributed by atoms with Gasteiger partial charge in [0.05, 0.1) is 19.2 Å². The molecule has 7 aliphatic heterocycles. The van der Waals surface area contributed by atoms with Crippen LogP contribution in [0, 0.1) is 0 Å². The number of aromatic amines is 3. The van der Waals surface area contributed by atoms with Gasteiger partial charge in [-0.25, -0.2) is 15.0 Å². The monoisotopic (exact) mass is 2100 g/mol. The van der Waals surface area contributed by atoms with Gasteiger partial charge in [0, 0.05) is 164 Å². The van der Waals surface area contributed by atoms with Crippen LogP contribution in [0.3, 0.4) is 0 Å². The summed E-state index contributed by atoms with van der Waals surface area (Å²) in [5.41, 5.74) is 2.79. The molecule has 0 atom stereocenters. The van der Waals surface area contributed by atoms with Gasteiger partial charge in [-0.15, -0.1) is 0 Å². The Morgan fingerprint density at radius 1 is 0.233 bits per heavy atom. The van der Waals surface area contributed by atoms with Crippen molar-refractivity contribution in [1.29, 1.82) is 0 Å². The van der Waals surface area contributed by atoms with Crippen LogP contribution in [0.5, 0.6) is 0 Å². The Balaban J connectivity index is -0.0000000191. The fraction of sp³-hybridized carbons (Fsp3) is 0.702. The number of H-pyrrole nitrogens is 3. The number of nitrogens with one attached hydrogen (secondary N) is 11. The van der Waals surface area contributed by atoms with Gasteiger partial charge in [-0.3, -0.25) is 25.0 Å². The normalized spacial score (nSPS) is 8.49. The van der Waals surface area contributed by atoms with Crippen LogP contribution < -0.4 is 42.6 Å². The summed E-state index contributed by atoms with van der Waals surface area (Å²) in [6, 6.07) is 16.9. The molecule has 22 nitrogen and oxygen atoms in total. The molecule has 0 aromatic carbocycles. The Bertz CT molecular complexity index is 1700. The van der Waals surface area contributed by atoms with Crippen LogP contribution in [0.1, 0.15) is 530 Å². The van der Waals surface area contributed by atoms with Crippen LogP contribution in [0.2, 0.25) is 0 Å². The predicted octanol–water partition coefficient (Wildman–Crippen LogP) is 43.1. The van der Waals surface area contributed by atoms with E-state index in [0.717, 1.165) is 71.9 Å².